The number of carboxylic acid groups (broad SMARTS) is 1. The molecular weight excluding hydrogens is 314 g/mol. The van der Waals surface area contributed by atoms with Gasteiger partial charge in [-0.25, -0.2) is 9.59 Å². The topological polar surface area (TPSA) is 93.1 Å². The number of amides is 1. The number of aliphatic carboxylic acids is 1. The molecule has 7 nitrogen and oxygen atoms in total. The molecule has 0 rings (SSSR count). The molecule has 0 saturated carbocycles. The van der Waals surface area contributed by atoms with Gasteiger partial charge in [0.25, 0.3) is 0 Å². The van der Waals surface area contributed by atoms with Crippen LogP contribution in [0.3, 0.4) is 0 Å². The second-order valence-corrected chi connectivity index (χ2v) is 8.18. The standard InChI is InChI=1S/C17H31NO6/c1-11(2)9-12(14(20)21)18(15(22)24-17(6,7)8)10-13(19)23-16(3,4)5/h11-12H,9-10H2,1-8H3,(H,20,21)/t12-/m1/s1. The summed E-state index contributed by atoms with van der Waals surface area (Å²) in [6.45, 7) is 13.3. The number of hydrogen-bond acceptors (Lipinski definition) is 5. The summed E-state index contributed by atoms with van der Waals surface area (Å²) in [5, 5.41) is 9.48. The molecule has 0 aliphatic carbocycles. The molecule has 0 heterocycles. The third kappa shape index (κ3) is 9.37. The normalized spacial score (nSPS) is 13.4. The van der Waals surface area contributed by atoms with Gasteiger partial charge in [0.05, 0.1) is 0 Å². The van der Waals surface area contributed by atoms with Crippen molar-refractivity contribution in [2.24, 2.45) is 5.92 Å². The maximum absolute atomic E-state index is 12.4. The molecule has 0 aromatic heterocycles. The van der Waals surface area contributed by atoms with E-state index in [0.717, 1.165) is 4.90 Å². The number of carbonyl (C=O) groups is 3. The first-order valence-electron chi connectivity index (χ1n) is 8.06. The highest BCUT2D eigenvalue weighted by molar-refractivity contribution is 5.84. The molecule has 0 saturated heterocycles. The second kappa shape index (κ2) is 8.35. The highest BCUT2D eigenvalue weighted by Gasteiger charge is 2.35. The number of esters is 1. The summed E-state index contributed by atoms with van der Waals surface area (Å²) in [7, 11) is 0. The van der Waals surface area contributed by atoms with Crippen LogP contribution in [0.4, 0.5) is 4.79 Å². The van der Waals surface area contributed by atoms with Gasteiger partial charge in [-0.15, -0.1) is 0 Å². The zero-order valence-corrected chi connectivity index (χ0v) is 16.0. The lowest BCUT2D eigenvalue weighted by atomic mass is 10.0. The predicted octanol–water partition coefficient (Wildman–Crippen LogP) is 3.06. The fourth-order valence-corrected chi connectivity index (χ4v) is 1.94. The van der Waals surface area contributed by atoms with Crippen LogP contribution in [-0.2, 0) is 19.1 Å². The van der Waals surface area contributed by atoms with Crippen molar-refractivity contribution in [1.82, 2.24) is 4.90 Å². The van der Waals surface area contributed by atoms with Crippen LogP contribution in [0, 0.1) is 5.92 Å². The smallest absolute Gasteiger partial charge is 0.411 e. The summed E-state index contributed by atoms with van der Waals surface area (Å²) >= 11 is 0. The Labute approximate surface area is 144 Å². The average molecular weight is 345 g/mol. The quantitative estimate of drug-likeness (QED) is 0.744. The van der Waals surface area contributed by atoms with Crippen LogP contribution in [0.2, 0.25) is 0 Å². The van der Waals surface area contributed by atoms with Crippen LogP contribution in [0.15, 0.2) is 0 Å². The SMILES string of the molecule is CC(C)C[C@H](C(=O)O)N(CC(=O)OC(C)(C)C)C(=O)OC(C)(C)C. The van der Waals surface area contributed by atoms with E-state index in [-0.39, 0.29) is 12.3 Å². The number of carboxylic acids is 1. The number of hydrogen-bond donors (Lipinski definition) is 1. The Morgan fingerprint density at radius 3 is 1.75 bits per heavy atom. The third-order valence-corrected chi connectivity index (χ3v) is 2.70. The van der Waals surface area contributed by atoms with E-state index in [2.05, 4.69) is 0 Å². The summed E-state index contributed by atoms with van der Waals surface area (Å²) in [6.07, 6.45) is -0.640. The van der Waals surface area contributed by atoms with Crippen molar-refractivity contribution in [1.29, 1.82) is 0 Å². The van der Waals surface area contributed by atoms with E-state index < -0.39 is 41.8 Å². The predicted molar refractivity (Wildman–Crippen MR) is 89.7 cm³/mol. The molecule has 0 radical (unpaired) electrons. The van der Waals surface area contributed by atoms with Gasteiger partial charge >= 0.3 is 18.0 Å². The van der Waals surface area contributed by atoms with Crippen molar-refractivity contribution in [3.05, 3.63) is 0 Å². The van der Waals surface area contributed by atoms with Gasteiger partial charge < -0.3 is 14.6 Å². The Morgan fingerprint density at radius 1 is 0.958 bits per heavy atom. The summed E-state index contributed by atoms with van der Waals surface area (Å²) in [6, 6.07) is -1.16. The minimum Gasteiger partial charge on any atom is -0.480 e. The third-order valence-electron chi connectivity index (χ3n) is 2.70. The van der Waals surface area contributed by atoms with Crippen molar-refractivity contribution < 1.29 is 29.0 Å². The fraction of sp³-hybridized carbons (Fsp3) is 0.824. The van der Waals surface area contributed by atoms with Crippen LogP contribution in [0.25, 0.3) is 0 Å². The molecule has 0 spiro atoms. The monoisotopic (exact) mass is 345 g/mol. The molecule has 1 atom stereocenters. The van der Waals surface area contributed by atoms with Crippen LogP contribution < -0.4 is 0 Å². The first-order valence-corrected chi connectivity index (χ1v) is 8.06. The largest absolute Gasteiger partial charge is 0.480 e. The number of nitrogens with zero attached hydrogens (tertiary/aromatic N) is 1. The van der Waals surface area contributed by atoms with Crippen LogP contribution in [-0.4, -0.2) is 51.8 Å². The average Bonchev–Trinajstić information content (AvgIpc) is 2.28. The fourth-order valence-electron chi connectivity index (χ4n) is 1.94. The lowest BCUT2D eigenvalue weighted by Crippen LogP contribution is -2.50. The summed E-state index contributed by atoms with van der Waals surface area (Å²) in [4.78, 5) is 37.1. The Kier molecular flexibility index (Phi) is 7.73. The number of ether oxygens (including phenoxy) is 2. The van der Waals surface area contributed by atoms with Crippen LogP contribution >= 0.6 is 0 Å². The number of rotatable bonds is 6. The van der Waals surface area contributed by atoms with Gasteiger partial charge in [-0.2, -0.15) is 0 Å². The molecule has 0 aromatic rings. The molecule has 0 fully saturated rings. The van der Waals surface area contributed by atoms with E-state index in [1.54, 1.807) is 41.5 Å². The van der Waals surface area contributed by atoms with Gasteiger partial charge in [-0.05, 0) is 53.9 Å². The molecule has 140 valence electrons. The van der Waals surface area contributed by atoms with Gasteiger partial charge in [-0.1, -0.05) is 13.8 Å². The zero-order chi connectivity index (χ0) is 19.3. The maximum atomic E-state index is 12.4. The number of carbonyl (C=O) groups excluding carboxylic acids is 2. The highest BCUT2D eigenvalue weighted by Crippen LogP contribution is 2.18. The van der Waals surface area contributed by atoms with Gasteiger partial charge in [0.1, 0.15) is 23.8 Å². The Hall–Kier alpha value is -1.79. The molecular formula is C17H31NO6. The van der Waals surface area contributed by atoms with Gasteiger partial charge in [0.15, 0.2) is 0 Å². The molecule has 1 amide bonds. The summed E-state index contributed by atoms with van der Waals surface area (Å²) < 4.78 is 10.5. The van der Waals surface area contributed by atoms with E-state index >= 15 is 0 Å². The first-order chi connectivity index (χ1) is 10.6. The van der Waals surface area contributed by atoms with E-state index in [9.17, 15) is 19.5 Å². The van der Waals surface area contributed by atoms with E-state index in [1.165, 1.54) is 0 Å². The zero-order valence-electron chi connectivity index (χ0n) is 16.0. The lowest BCUT2D eigenvalue weighted by Gasteiger charge is -2.32. The molecule has 0 bridgehead atoms. The molecule has 0 aromatic carbocycles. The van der Waals surface area contributed by atoms with Gasteiger partial charge in [0, 0.05) is 0 Å². The van der Waals surface area contributed by atoms with Gasteiger partial charge in [-0.3, -0.25) is 9.69 Å². The van der Waals surface area contributed by atoms with Crippen molar-refractivity contribution in [3.8, 4) is 0 Å². The van der Waals surface area contributed by atoms with Crippen LogP contribution in [0.5, 0.6) is 0 Å². The summed E-state index contributed by atoms with van der Waals surface area (Å²) in [5.41, 5.74) is -1.53. The lowest BCUT2D eigenvalue weighted by molar-refractivity contribution is -0.158. The van der Waals surface area contributed by atoms with Crippen molar-refractivity contribution >= 4 is 18.0 Å². The highest BCUT2D eigenvalue weighted by atomic mass is 16.6. The maximum Gasteiger partial charge on any atom is 0.411 e. The van der Waals surface area contributed by atoms with Crippen molar-refractivity contribution in [2.75, 3.05) is 6.54 Å². The van der Waals surface area contributed by atoms with E-state index in [0.29, 0.717) is 0 Å². The Balaban J connectivity index is 5.44. The minimum absolute atomic E-state index is 0.0228. The molecule has 0 aliphatic rings. The Bertz CT molecular complexity index is 459. The molecule has 1 N–H and O–H groups in total. The van der Waals surface area contributed by atoms with Crippen molar-refractivity contribution in [3.63, 3.8) is 0 Å². The van der Waals surface area contributed by atoms with Gasteiger partial charge in [0.2, 0.25) is 0 Å². The molecule has 7 heteroatoms. The van der Waals surface area contributed by atoms with Crippen LogP contribution in [0.1, 0.15) is 61.8 Å². The first kappa shape index (κ1) is 22.2. The van der Waals surface area contributed by atoms with Crippen molar-refractivity contribution in [2.45, 2.75) is 79.1 Å². The van der Waals surface area contributed by atoms with E-state index in [1.807, 2.05) is 13.8 Å². The molecule has 0 unspecified atom stereocenters. The Morgan fingerprint density at radius 2 is 1.42 bits per heavy atom. The summed E-state index contributed by atoms with van der Waals surface area (Å²) in [5.74, 6) is -1.84. The minimum atomic E-state index is -1.18. The molecule has 0 aliphatic heterocycles. The molecule has 24 heavy (non-hydrogen) atoms. The second-order valence-electron chi connectivity index (χ2n) is 8.18. The van der Waals surface area contributed by atoms with E-state index in [4.69, 9.17) is 9.47 Å².